The van der Waals surface area contributed by atoms with E-state index in [0.717, 1.165) is 5.69 Å². The number of benzene rings is 1. The first kappa shape index (κ1) is 11.8. The van der Waals surface area contributed by atoms with Gasteiger partial charge in [-0.3, -0.25) is 10.1 Å². The van der Waals surface area contributed by atoms with Gasteiger partial charge in [0.2, 0.25) is 0 Å². The zero-order valence-electron chi connectivity index (χ0n) is 9.75. The van der Waals surface area contributed by atoms with Crippen LogP contribution < -0.4 is 11.1 Å². The van der Waals surface area contributed by atoms with Gasteiger partial charge in [-0.25, -0.2) is 4.98 Å². The van der Waals surface area contributed by atoms with Crippen LogP contribution in [0, 0.1) is 17.0 Å². The van der Waals surface area contributed by atoms with Crippen LogP contribution in [-0.2, 0) is 0 Å². The van der Waals surface area contributed by atoms with Gasteiger partial charge < -0.3 is 11.1 Å². The molecule has 6 nitrogen and oxygen atoms in total. The highest BCUT2D eigenvalue weighted by Crippen LogP contribution is 2.21. The smallest absolute Gasteiger partial charge is 0.290 e. The minimum absolute atomic E-state index is 0.0119. The van der Waals surface area contributed by atoms with Crippen LogP contribution >= 0.6 is 0 Å². The Labute approximate surface area is 104 Å². The van der Waals surface area contributed by atoms with Crippen molar-refractivity contribution in [1.82, 2.24) is 4.98 Å². The van der Waals surface area contributed by atoms with E-state index >= 15 is 0 Å². The second-order valence-corrected chi connectivity index (χ2v) is 3.81. The molecule has 0 aliphatic rings. The fraction of sp³-hybridized carbons (Fsp3) is 0.0833. The summed E-state index contributed by atoms with van der Waals surface area (Å²) < 4.78 is 0. The van der Waals surface area contributed by atoms with Crippen molar-refractivity contribution in [2.75, 3.05) is 11.1 Å². The highest BCUT2D eigenvalue weighted by Gasteiger charge is 2.11. The first-order chi connectivity index (χ1) is 8.56. The lowest BCUT2D eigenvalue weighted by Gasteiger charge is -2.06. The van der Waals surface area contributed by atoms with Gasteiger partial charge in [-0.15, -0.1) is 0 Å². The molecule has 0 amide bonds. The van der Waals surface area contributed by atoms with Crippen LogP contribution in [0.3, 0.4) is 0 Å². The number of nitrogens with one attached hydrogen (secondary N) is 1. The van der Waals surface area contributed by atoms with E-state index < -0.39 is 4.92 Å². The number of pyridine rings is 1. The summed E-state index contributed by atoms with van der Waals surface area (Å²) in [4.78, 5) is 14.3. The molecule has 0 atom stereocenters. The van der Waals surface area contributed by atoms with Crippen molar-refractivity contribution in [2.45, 2.75) is 6.92 Å². The van der Waals surface area contributed by atoms with Crippen molar-refractivity contribution in [3.8, 4) is 0 Å². The van der Waals surface area contributed by atoms with Crippen LogP contribution in [0.1, 0.15) is 5.69 Å². The fourth-order valence-corrected chi connectivity index (χ4v) is 1.53. The third kappa shape index (κ3) is 2.54. The fourth-order valence-electron chi connectivity index (χ4n) is 1.53. The van der Waals surface area contributed by atoms with E-state index in [9.17, 15) is 10.1 Å². The van der Waals surface area contributed by atoms with Gasteiger partial charge in [0.1, 0.15) is 11.5 Å². The zero-order valence-corrected chi connectivity index (χ0v) is 9.75. The average molecular weight is 244 g/mol. The summed E-state index contributed by atoms with van der Waals surface area (Å²) in [6, 6.07) is 10.2. The van der Waals surface area contributed by atoms with E-state index in [1.807, 2.05) is 12.1 Å². The van der Waals surface area contributed by atoms with Gasteiger partial charge in [-0.2, -0.15) is 0 Å². The first-order valence-corrected chi connectivity index (χ1v) is 5.31. The SMILES string of the molecule is Cc1nc(Nc2ccc(N)cc2)ccc1[N+](=O)[O-]. The summed E-state index contributed by atoms with van der Waals surface area (Å²) in [6.45, 7) is 1.60. The standard InChI is InChI=1S/C12H12N4O2/c1-8-11(16(17)18)6-7-12(14-8)15-10-4-2-9(13)3-5-10/h2-7H,13H2,1H3,(H,14,15). The number of aryl methyl sites for hydroxylation is 1. The van der Waals surface area contributed by atoms with E-state index in [1.54, 1.807) is 25.1 Å². The van der Waals surface area contributed by atoms with Crippen LogP contribution in [0.5, 0.6) is 0 Å². The maximum Gasteiger partial charge on any atom is 0.290 e. The number of hydrogen-bond donors (Lipinski definition) is 2. The Morgan fingerprint density at radius 2 is 1.89 bits per heavy atom. The molecule has 0 unspecified atom stereocenters. The van der Waals surface area contributed by atoms with Crippen molar-refractivity contribution >= 4 is 22.9 Å². The summed E-state index contributed by atoms with van der Waals surface area (Å²) in [5, 5.41) is 13.7. The lowest BCUT2D eigenvalue weighted by Crippen LogP contribution is -1.98. The molecular weight excluding hydrogens is 232 g/mol. The molecule has 2 aromatic rings. The Balaban J connectivity index is 2.22. The summed E-state index contributed by atoms with van der Waals surface area (Å²) in [6.07, 6.45) is 0. The predicted molar refractivity (Wildman–Crippen MR) is 69.8 cm³/mol. The van der Waals surface area contributed by atoms with Gasteiger partial charge in [0.05, 0.1) is 4.92 Å². The van der Waals surface area contributed by atoms with Crippen molar-refractivity contribution in [1.29, 1.82) is 0 Å². The van der Waals surface area contributed by atoms with Crippen LogP contribution in [0.25, 0.3) is 0 Å². The molecular formula is C12H12N4O2. The summed E-state index contributed by atoms with van der Waals surface area (Å²) in [7, 11) is 0. The van der Waals surface area contributed by atoms with Crippen molar-refractivity contribution in [2.24, 2.45) is 0 Å². The Morgan fingerprint density at radius 1 is 1.22 bits per heavy atom. The Bertz CT molecular complexity index is 581. The Kier molecular flexibility index (Phi) is 3.09. The molecule has 0 fully saturated rings. The molecule has 6 heteroatoms. The second-order valence-electron chi connectivity index (χ2n) is 3.81. The van der Waals surface area contributed by atoms with Crippen molar-refractivity contribution in [3.05, 3.63) is 52.2 Å². The van der Waals surface area contributed by atoms with E-state index in [2.05, 4.69) is 10.3 Å². The summed E-state index contributed by atoms with van der Waals surface area (Å²) in [5.41, 5.74) is 7.46. The molecule has 0 saturated heterocycles. The van der Waals surface area contributed by atoms with E-state index in [0.29, 0.717) is 17.2 Å². The maximum absolute atomic E-state index is 10.7. The number of anilines is 3. The van der Waals surface area contributed by atoms with Crippen LogP contribution in [0.2, 0.25) is 0 Å². The Morgan fingerprint density at radius 3 is 2.44 bits per heavy atom. The normalized spacial score (nSPS) is 10.1. The minimum Gasteiger partial charge on any atom is -0.399 e. The van der Waals surface area contributed by atoms with Gasteiger partial charge in [0.25, 0.3) is 5.69 Å². The summed E-state index contributed by atoms with van der Waals surface area (Å²) >= 11 is 0. The quantitative estimate of drug-likeness (QED) is 0.491. The first-order valence-electron chi connectivity index (χ1n) is 5.31. The number of nitrogens with two attached hydrogens (primary N) is 1. The van der Waals surface area contributed by atoms with E-state index in [-0.39, 0.29) is 5.69 Å². The number of nitro groups is 1. The van der Waals surface area contributed by atoms with Crippen LogP contribution in [-0.4, -0.2) is 9.91 Å². The number of aromatic nitrogens is 1. The molecule has 92 valence electrons. The number of nitrogen functional groups attached to an aromatic ring is 1. The molecule has 1 aromatic carbocycles. The topological polar surface area (TPSA) is 94.1 Å². The molecule has 0 bridgehead atoms. The molecule has 0 spiro atoms. The molecule has 1 aromatic heterocycles. The lowest BCUT2D eigenvalue weighted by atomic mass is 10.2. The predicted octanol–water partition coefficient (Wildman–Crippen LogP) is 2.62. The van der Waals surface area contributed by atoms with Crippen LogP contribution in [0.4, 0.5) is 22.9 Å². The molecule has 18 heavy (non-hydrogen) atoms. The molecule has 3 N–H and O–H groups in total. The van der Waals surface area contributed by atoms with Crippen molar-refractivity contribution < 1.29 is 4.92 Å². The van der Waals surface area contributed by atoms with Gasteiger partial charge in [0.15, 0.2) is 0 Å². The highest BCUT2D eigenvalue weighted by atomic mass is 16.6. The zero-order chi connectivity index (χ0) is 13.1. The molecule has 0 aliphatic carbocycles. The third-order valence-electron chi connectivity index (χ3n) is 2.44. The average Bonchev–Trinajstić information content (AvgIpc) is 2.32. The molecule has 0 aliphatic heterocycles. The largest absolute Gasteiger partial charge is 0.399 e. The van der Waals surface area contributed by atoms with E-state index in [4.69, 9.17) is 5.73 Å². The highest BCUT2D eigenvalue weighted by molar-refractivity contribution is 5.60. The molecule has 2 rings (SSSR count). The molecule has 0 radical (unpaired) electrons. The summed E-state index contributed by atoms with van der Waals surface area (Å²) in [5.74, 6) is 0.558. The monoisotopic (exact) mass is 244 g/mol. The number of rotatable bonds is 3. The molecule has 1 heterocycles. The second kappa shape index (κ2) is 4.70. The third-order valence-corrected chi connectivity index (χ3v) is 2.44. The van der Waals surface area contributed by atoms with Gasteiger partial charge in [0, 0.05) is 17.4 Å². The maximum atomic E-state index is 10.7. The number of nitrogens with zero attached hydrogens (tertiary/aromatic N) is 2. The molecule has 0 saturated carbocycles. The van der Waals surface area contributed by atoms with E-state index in [1.165, 1.54) is 6.07 Å². The number of hydrogen-bond acceptors (Lipinski definition) is 5. The minimum atomic E-state index is -0.449. The van der Waals surface area contributed by atoms with Gasteiger partial charge in [-0.05, 0) is 37.3 Å². The lowest BCUT2D eigenvalue weighted by molar-refractivity contribution is -0.385. The van der Waals surface area contributed by atoms with Crippen molar-refractivity contribution in [3.63, 3.8) is 0 Å². The Hall–Kier alpha value is -2.63. The van der Waals surface area contributed by atoms with Gasteiger partial charge >= 0.3 is 0 Å². The van der Waals surface area contributed by atoms with Gasteiger partial charge in [-0.1, -0.05) is 0 Å². The van der Waals surface area contributed by atoms with Crippen LogP contribution in [0.15, 0.2) is 36.4 Å².